The van der Waals surface area contributed by atoms with E-state index in [0.717, 1.165) is 5.56 Å². The van der Waals surface area contributed by atoms with E-state index in [1.807, 2.05) is 12.1 Å². The lowest BCUT2D eigenvalue weighted by atomic mass is 9.83. The summed E-state index contributed by atoms with van der Waals surface area (Å²) in [4.78, 5) is 10.8. The molecule has 0 radical (unpaired) electrons. The van der Waals surface area contributed by atoms with Crippen molar-refractivity contribution in [3.63, 3.8) is 0 Å². The molecule has 0 saturated heterocycles. The highest BCUT2D eigenvalue weighted by Crippen LogP contribution is 2.33. The molecule has 0 aliphatic heterocycles. The first kappa shape index (κ1) is 16.0. The zero-order valence-corrected chi connectivity index (χ0v) is 12.6. The number of aliphatic hydroxyl groups is 1. The van der Waals surface area contributed by atoms with Crippen LogP contribution in [0.5, 0.6) is 0 Å². The third kappa shape index (κ3) is 4.29. The minimum absolute atomic E-state index is 0.0952. The Balaban J connectivity index is 2.04. The minimum Gasteiger partial charge on any atom is -0.481 e. The van der Waals surface area contributed by atoms with Gasteiger partial charge in [0.1, 0.15) is 0 Å². The van der Waals surface area contributed by atoms with E-state index in [9.17, 15) is 9.90 Å². The number of aliphatic carboxylic acids is 1. The van der Waals surface area contributed by atoms with Gasteiger partial charge in [-0.15, -0.1) is 0 Å². The Kier molecular flexibility index (Phi) is 5.76. The second-order valence-electron chi connectivity index (χ2n) is 5.94. The van der Waals surface area contributed by atoms with Crippen LogP contribution in [0.4, 0.5) is 0 Å². The summed E-state index contributed by atoms with van der Waals surface area (Å²) in [5.41, 5.74) is 2.11. The molecule has 1 aromatic rings. The van der Waals surface area contributed by atoms with Crippen molar-refractivity contribution in [2.45, 2.75) is 56.6 Å². The minimum atomic E-state index is -0.910. The van der Waals surface area contributed by atoms with Gasteiger partial charge in [-0.1, -0.05) is 43.5 Å². The molecule has 0 aromatic heterocycles. The Hall–Kier alpha value is -1.39. The van der Waals surface area contributed by atoms with Gasteiger partial charge in [-0.3, -0.25) is 4.79 Å². The Morgan fingerprint density at radius 2 is 1.86 bits per heavy atom. The molecule has 116 valence electrons. The number of aliphatic hydroxyl groups excluding tert-OH is 1. The summed E-state index contributed by atoms with van der Waals surface area (Å²) in [6.45, 7) is 0. The topological polar surface area (TPSA) is 69.6 Å². The third-order valence-electron chi connectivity index (χ3n) is 4.50. The number of hydrogen-bond donors (Lipinski definition) is 3. The zero-order chi connectivity index (χ0) is 15.2. The van der Waals surface area contributed by atoms with Crippen LogP contribution in [-0.2, 0) is 4.79 Å². The molecule has 2 rings (SSSR count). The first-order chi connectivity index (χ1) is 10.1. The predicted molar refractivity (Wildman–Crippen MR) is 82.3 cm³/mol. The molecule has 2 unspecified atom stereocenters. The molecule has 0 spiro atoms. The van der Waals surface area contributed by atoms with Crippen LogP contribution in [0.15, 0.2) is 24.3 Å². The van der Waals surface area contributed by atoms with Crippen molar-refractivity contribution in [3.8, 4) is 0 Å². The summed E-state index contributed by atoms with van der Waals surface area (Å²) < 4.78 is 0. The van der Waals surface area contributed by atoms with Gasteiger partial charge in [0, 0.05) is 6.04 Å². The number of likely N-dealkylation sites (N-methyl/N-ethyl adjacent to an activating group) is 1. The van der Waals surface area contributed by atoms with Gasteiger partial charge in [0.2, 0.25) is 0 Å². The summed E-state index contributed by atoms with van der Waals surface area (Å²) in [5.74, 6) is -0.267. The zero-order valence-electron chi connectivity index (χ0n) is 12.6. The van der Waals surface area contributed by atoms with Gasteiger partial charge in [-0.2, -0.15) is 0 Å². The highest BCUT2D eigenvalue weighted by atomic mass is 16.4. The molecular formula is C17H25NO3. The SMILES string of the molecule is CNC(CC(=O)O)C(O)c1ccc(C2CCCCC2)cc1. The van der Waals surface area contributed by atoms with Crippen LogP contribution in [-0.4, -0.2) is 29.3 Å². The largest absolute Gasteiger partial charge is 0.481 e. The van der Waals surface area contributed by atoms with E-state index in [0.29, 0.717) is 5.92 Å². The molecule has 1 aliphatic carbocycles. The molecular weight excluding hydrogens is 266 g/mol. The number of carboxylic acids is 1. The van der Waals surface area contributed by atoms with Crippen molar-refractivity contribution in [2.24, 2.45) is 0 Å². The lowest BCUT2D eigenvalue weighted by Gasteiger charge is -2.24. The number of carbonyl (C=O) groups is 1. The van der Waals surface area contributed by atoms with Gasteiger partial charge < -0.3 is 15.5 Å². The van der Waals surface area contributed by atoms with Crippen LogP contribution in [0.3, 0.4) is 0 Å². The molecule has 0 heterocycles. The summed E-state index contributed by atoms with van der Waals surface area (Å²) in [5, 5.41) is 22.1. The average Bonchev–Trinajstić information content (AvgIpc) is 2.53. The molecule has 0 amide bonds. The molecule has 1 aromatic carbocycles. The number of benzene rings is 1. The molecule has 21 heavy (non-hydrogen) atoms. The van der Waals surface area contributed by atoms with E-state index in [1.54, 1.807) is 7.05 Å². The van der Waals surface area contributed by atoms with Gasteiger partial charge in [0.25, 0.3) is 0 Å². The Bertz CT molecular complexity index is 452. The highest BCUT2D eigenvalue weighted by molar-refractivity contribution is 5.67. The third-order valence-corrected chi connectivity index (χ3v) is 4.50. The quantitative estimate of drug-likeness (QED) is 0.754. The van der Waals surface area contributed by atoms with Crippen molar-refractivity contribution in [1.29, 1.82) is 0 Å². The number of nitrogens with one attached hydrogen (secondary N) is 1. The number of rotatable bonds is 6. The summed E-state index contributed by atoms with van der Waals surface area (Å²) >= 11 is 0. The van der Waals surface area contributed by atoms with Crippen LogP contribution in [0.2, 0.25) is 0 Å². The monoisotopic (exact) mass is 291 g/mol. The lowest BCUT2D eigenvalue weighted by Crippen LogP contribution is -2.34. The van der Waals surface area contributed by atoms with Gasteiger partial charge in [0.05, 0.1) is 12.5 Å². The van der Waals surface area contributed by atoms with Crippen LogP contribution in [0, 0.1) is 0 Å². The maximum Gasteiger partial charge on any atom is 0.305 e. The van der Waals surface area contributed by atoms with E-state index in [-0.39, 0.29) is 6.42 Å². The van der Waals surface area contributed by atoms with Crippen molar-refractivity contribution in [3.05, 3.63) is 35.4 Å². The first-order valence-electron chi connectivity index (χ1n) is 7.78. The fraction of sp³-hybridized carbons (Fsp3) is 0.588. The predicted octanol–water partition coefficient (Wildman–Crippen LogP) is 2.83. The standard InChI is InChI=1S/C17H25NO3/c1-18-15(11-16(19)20)17(21)14-9-7-13(8-10-14)12-5-3-2-4-6-12/h7-10,12,15,17-18,21H,2-6,11H2,1H3,(H,19,20). The van der Waals surface area contributed by atoms with Crippen molar-refractivity contribution < 1.29 is 15.0 Å². The average molecular weight is 291 g/mol. The fourth-order valence-corrected chi connectivity index (χ4v) is 3.19. The molecule has 0 bridgehead atoms. The van der Waals surface area contributed by atoms with Crippen molar-refractivity contribution in [1.82, 2.24) is 5.32 Å². The normalized spacial score (nSPS) is 19.1. The molecule has 3 N–H and O–H groups in total. The molecule has 1 aliphatic rings. The lowest BCUT2D eigenvalue weighted by molar-refractivity contribution is -0.138. The number of hydrogen-bond acceptors (Lipinski definition) is 3. The van der Waals surface area contributed by atoms with E-state index < -0.39 is 18.1 Å². The van der Waals surface area contributed by atoms with E-state index >= 15 is 0 Å². The van der Waals surface area contributed by atoms with Gasteiger partial charge in [-0.05, 0) is 36.9 Å². The van der Waals surface area contributed by atoms with Gasteiger partial charge in [0.15, 0.2) is 0 Å². The smallest absolute Gasteiger partial charge is 0.305 e. The second-order valence-corrected chi connectivity index (χ2v) is 5.94. The molecule has 4 nitrogen and oxygen atoms in total. The second kappa shape index (κ2) is 7.57. The molecule has 1 saturated carbocycles. The first-order valence-corrected chi connectivity index (χ1v) is 7.78. The van der Waals surface area contributed by atoms with Crippen molar-refractivity contribution >= 4 is 5.97 Å². The van der Waals surface area contributed by atoms with E-state index in [4.69, 9.17) is 5.11 Å². The molecule has 2 atom stereocenters. The Morgan fingerprint density at radius 3 is 2.38 bits per heavy atom. The molecule has 1 fully saturated rings. The number of carboxylic acid groups (broad SMARTS) is 1. The summed E-state index contributed by atoms with van der Waals surface area (Å²) in [7, 11) is 1.67. The van der Waals surface area contributed by atoms with Crippen molar-refractivity contribution in [2.75, 3.05) is 7.05 Å². The summed E-state index contributed by atoms with van der Waals surface area (Å²) in [6.07, 6.45) is 5.55. The maximum atomic E-state index is 10.8. The van der Waals surface area contributed by atoms with Crippen LogP contribution >= 0.6 is 0 Å². The van der Waals surface area contributed by atoms with E-state index in [1.165, 1.54) is 37.7 Å². The van der Waals surface area contributed by atoms with Gasteiger partial charge in [-0.25, -0.2) is 0 Å². The summed E-state index contributed by atoms with van der Waals surface area (Å²) in [6, 6.07) is 7.56. The van der Waals surface area contributed by atoms with Crippen LogP contribution < -0.4 is 5.32 Å². The van der Waals surface area contributed by atoms with Gasteiger partial charge >= 0.3 is 5.97 Å². The Morgan fingerprint density at radius 1 is 1.24 bits per heavy atom. The highest BCUT2D eigenvalue weighted by Gasteiger charge is 2.22. The molecule has 4 heteroatoms. The van der Waals surface area contributed by atoms with Crippen LogP contribution in [0.25, 0.3) is 0 Å². The van der Waals surface area contributed by atoms with Crippen LogP contribution in [0.1, 0.15) is 61.7 Å². The Labute approximate surface area is 126 Å². The van der Waals surface area contributed by atoms with E-state index in [2.05, 4.69) is 17.4 Å². The maximum absolute atomic E-state index is 10.8. The fourth-order valence-electron chi connectivity index (χ4n) is 3.19.